The predicted molar refractivity (Wildman–Crippen MR) is 43.4 cm³/mol. The van der Waals surface area contributed by atoms with Crippen molar-refractivity contribution in [2.24, 2.45) is 11.8 Å². The maximum Gasteiger partial charge on any atom is 0.0589 e. The van der Waals surface area contributed by atoms with Crippen molar-refractivity contribution < 1.29 is 5.11 Å². The van der Waals surface area contributed by atoms with Crippen molar-refractivity contribution in [3.63, 3.8) is 0 Å². The minimum atomic E-state index is -0.394. The van der Waals surface area contributed by atoms with Gasteiger partial charge in [-0.2, -0.15) is 0 Å². The predicted octanol–water partition coefficient (Wildman–Crippen LogP) is 1.68. The summed E-state index contributed by atoms with van der Waals surface area (Å²) in [7, 11) is 0. The van der Waals surface area contributed by atoms with Crippen LogP contribution in [-0.2, 0) is 0 Å². The Morgan fingerprint density at radius 1 is 1.20 bits per heavy atom. The van der Waals surface area contributed by atoms with Gasteiger partial charge in [0.05, 0.1) is 6.10 Å². The molecule has 0 aromatic rings. The fraction of sp³-hybridized carbons (Fsp3) is 0.875. The summed E-state index contributed by atoms with van der Waals surface area (Å²) in [5, 5.41) is 16.6. The molecule has 0 aromatic heterocycles. The molecule has 0 amide bonds. The zero-order chi connectivity index (χ0) is 8.31. The topological polar surface area (TPSA) is 44.1 Å². The molecule has 2 nitrogen and oxygen atoms in total. The molecule has 0 saturated carbocycles. The van der Waals surface area contributed by atoms with Gasteiger partial charge in [0.15, 0.2) is 0 Å². The Balaban J connectivity index is 3.95. The van der Waals surface area contributed by atoms with Crippen LogP contribution in [0.5, 0.6) is 0 Å². The second kappa shape index (κ2) is 3.71. The third-order valence-corrected chi connectivity index (χ3v) is 1.84. The van der Waals surface area contributed by atoms with Gasteiger partial charge in [-0.25, -0.2) is 0 Å². The third-order valence-electron chi connectivity index (χ3n) is 1.84. The fourth-order valence-corrected chi connectivity index (χ4v) is 0.786. The van der Waals surface area contributed by atoms with Gasteiger partial charge in [-0.1, -0.05) is 20.8 Å². The van der Waals surface area contributed by atoms with E-state index in [0.29, 0.717) is 5.71 Å². The van der Waals surface area contributed by atoms with E-state index in [4.69, 9.17) is 10.5 Å². The zero-order valence-electron chi connectivity index (χ0n) is 7.18. The second-order valence-electron chi connectivity index (χ2n) is 3.14. The Labute approximate surface area is 62.8 Å². The molecule has 0 aliphatic rings. The van der Waals surface area contributed by atoms with Gasteiger partial charge in [0, 0.05) is 11.6 Å². The number of hydrogen-bond acceptors (Lipinski definition) is 2. The Morgan fingerprint density at radius 3 is 1.70 bits per heavy atom. The highest BCUT2D eigenvalue weighted by Gasteiger charge is 2.16. The van der Waals surface area contributed by atoms with Crippen molar-refractivity contribution in [2.75, 3.05) is 0 Å². The van der Waals surface area contributed by atoms with E-state index in [0.717, 1.165) is 0 Å². The maximum atomic E-state index is 9.10. The van der Waals surface area contributed by atoms with E-state index >= 15 is 0 Å². The first kappa shape index (κ1) is 9.63. The molecule has 0 spiro atoms. The lowest BCUT2D eigenvalue weighted by Gasteiger charge is -2.18. The minimum absolute atomic E-state index is 0.000000000000000222. The van der Waals surface area contributed by atoms with Gasteiger partial charge >= 0.3 is 0 Å². The SMILES string of the molecule is CC(C)C(=N)C(C)C(C)O. The molecule has 60 valence electrons. The van der Waals surface area contributed by atoms with E-state index in [2.05, 4.69) is 0 Å². The lowest BCUT2D eigenvalue weighted by molar-refractivity contribution is 0.163. The van der Waals surface area contributed by atoms with Gasteiger partial charge in [0.2, 0.25) is 0 Å². The van der Waals surface area contributed by atoms with Crippen molar-refractivity contribution >= 4 is 5.71 Å². The largest absolute Gasteiger partial charge is 0.393 e. The summed E-state index contributed by atoms with van der Waals surface area (Å²) in [6, 6.07) is 0. The van der Waals surface area contributed by atoms with Crippen LogP contribution in [0, 0.1) is 17.2 Å². The molecule has 0 radical (unpaired) electrons. The van der Waals surface area contributed by atoms with E-state index in [9.17, 15) is 0 Å². The lowest BCUT2D eigenvalue weighted by atomic mass is 9.92. The first-order chi connectivity index (χ1) is 4.46. The average Bonchev–Trinajstić information content (AvgIpc) is 1.84. The molecule has 2 N–H and O–H groups in total. The molecular formula is C8H17NO. The highest BCUT2D eigenvalue weighted by atomic mass is 16.3. The van der Waals surface area contributed by atoms with Crippen LogP contribution < -0.4 is 0 Å². The lowest BCUT2D eigenvalue weighted by Crippen LogP contribution is -2.25. The molecule has 10 heavy (non-hydrogen) atoms. The van der Waals surface area contributed by atoms with E-state index in [-0.39, 0.29) is 11.8 Å². The number of aliphatic hydroxyl groups excluding tert-OH is 1. The monoisotopic (exact) mass is 143 g/mol. The van der Waals surface area contributed by atoms with Gasteiger partial charge in [0.1, 0.15) is 0 Å². The van der Waals surface area contributed by atoms with Crippen LogP contribution in [0.3, 0.4) is 0 Å². The van der Waals surface area contributed by atoms with Crippen LogP contribution in [0.25, 0.3) is 0 Å². The van der Waals surface area contributed by atoms with Crippen LogP contribution in [0.1, 0.15) is 27.7 Å². The van der Waals surface area contributed by atoms with E-state index < -0.39 is 6.10 Å². The van der Waals surface area contributed by atoms with Gasteiger partial charge in [-0.3, -0.25) is 0 Å². The van der Waals surface area contributed by atoms with Crippen LogP contribution in [0.4, 0.5) is 0 Å². The molecule has 2 atom stereocenters. The van der Waals surface area contributed by atoms with Crippen LogP contribution >= 0.6 is 0 Å². The Morgan fingerprint density at radius 2 is 1.60 bits per heavy atom. The summed E-state index contributed by atoms with van der Waals surface area (Å²) >= 11 is 0. The quantitative estimate of drug-likeness (QED) is 0.580. The van der Waals surface area contributed by atoms with Crippen molar-refractivity contribution in [1.29, 1.82) is 5.41 Å². The first-order valence-corrected chi connectivity index (χ1v) is 3.73. The first-order valence-electron chi connectivity index (χ1n) is 3.73. The molecule has 0 aliphatic carbocycles. The fourth-order valence-electron chi connectivity index (χ4n) is 0.786. The van der Waals surface area contributed by atoms with Crippen LogP contribution in [0.15, 0.2) is 0 Å². The average molecular weight is 143 g/mol. The minimum Gasteiger partial charge on any atom is -0.393 e. The van der Waals surface area contributed by atoms with E-state index in [1.54, 1.807) is 6.92 Å². The number of hydrogen-bond donors (Lipinski definition) is 2. The van der Waals surface area contributed by atoms with Gasteiger partial charge in [-0.05, 0) is 12.8 Å². The summed E-state index contributed by atoms with van der Waals surface area (Å²) < 4.78 is 0. The third kappa shape index (κ3) is 2.48. The number of aliphatic hydroxyl groups is 1. The summed E-state index contributed by atoms with van der Waals surface area (Å²) in [5.74, 6) is 0.254. The summed E-state index contributed by atoms with van der Waals surface area (Å²) in [6.45, 7) is 7.55. The molecule has 0 saturated heterocycles. The van der Waals surface area contributed by atoms with Crippen molar-refractivity contribution in [1.82, 2.24) is 0 Å². The molecule has 2 heteroatoms. The van der Waals surface area contributed by atoms with E-state index in [1.165, 1.54) is 0 Å². The Bertz CT molecular complexity index is 118. The second-order valence-corrected chi connectivity index (χ2v) is 3.14. The standard InChI is InChI=1S/C8H17NO/c1-5(2)8(9)6(3)7(4)10/h5-7,9-10H,1-4H3. The van der Waals surface area contributed by atoms with Crippen LogP contribution in [-0.4, -0.2) is 16.9 Å². The number of nitrogens with one attached hydrogen (secondary N) is 1. The normalized spacial score (nSPS) is 17.0. The van der Waals surface area contributed by atoms with E-state index in [1.807, 2.05) is 20.8 Å². The van der Waals surface area contributed by atoms with Crippen molar-refractivity contribution in [3.8, 4) is 0 Å². The molecule has 0 aromatic carbocycles. The molecule has 2 unspecified atom stereocenters. The Hall–Kier alpha value is -0.370. The molecule has 0 bridgehead atoms. The van der Waals surface area contributed by atoms with Crippen LogP contribution in [0.2, 0.25) is 0 Å². The van der Waals surface area contributed by atoms with Crippen molar-refractivity contribution in [2.45, 2.75) is 33.8 Å². The smallest absolute Gasteiger partial charge is 0.0589 e. The van der Waals surface area contributed by atoms with Gasteiger partial charge < -0.3 is 10.5 Å². The Kier molecular flexibility index (Phi) is 3.58. The number of rotatable bonds is 3. The van der Waals surface area contributed by atoms with Gasteiger partial charge in [-0.15, -0.1) is 0 Å². The van der Waals surface area contributed by atoms with Crippen molar-refractivity contribution in [3.05, 3.63) is 0 Å². The molecular weight excluding hydrogens is 126 g/mol. The highest BCUT2D eigenvalue weighted by molar-refractivity contribution is 5.85. The van der Waals surface area contributed by atoms with Gasteiger partial charge in [0.25, 0.3) is 0 Å². The molecule has 0 aliphatic heterocycles. The molecule has 0 rings (SSSR count). The highest BCUT2D eigenvalue weighted by Crippen LogP contribution is 2.10. The molecule has 0 fully saturated rings. The maximum absolute atomic E-state index is 9.10. The summed E-state index contributed by atoms with van der Waals surface area (Å²) in [6.07, 6.45) is -0.394. The molecule has 0 heterocycles. The zero-order valence-corrected chi connectivity index (χ0v) is 7.18. The summed E-state index contributed by atoms with van der Waals surface area (Å²) in [5.41, 5.74) is 0.634. The summed E-state index contributed by atoms with van der Waals surface area (Å²) in [4.78, 5) is 0.